The molecule has 2 heteroatoms. The number of carbonyl (C=O) groups excluding carboxylic acids is 1. The maximum Gasteiger partial charge on any atom is 0.228 e. The maximum atomic E-state index is 11.4. The molecule has 0 saturated heterocycles. The summed E-state index contributed by atoms with van der Waals surface area (Å²) < 4.78 is 0. The molecule has 0 amide bonds. The van der Waals surface area contributed by atoms with Crippen molar-refractivity contribution in [1.29, 1.82) is 0 Å². The molecule has 12 heavy (non-hydrogen) atoms. The summed E-state index contributed by atoms with van der Waals surface area (Å²) in [4.78, 5) is 11.4. The van der Waals surface area contributed by atoms with E-state index < -0.39 is 0 Å². The first-order chi connectivity index (χ1) is 5.71. The number of rotatable bonds is 1. The molecule has 2 atom stereocenters. The van der Waals surface area contributed by atoms with Crippen LogP contribution in [0.25, 0.3) is 0 Å². The second-order valence-corrected chi connectivity index (χ2v) is 5.32. The highest BCUT2D eigenvalue weighted by molar-refractivity contribution is 6.64. The number of hydrogen-bond acceptors (Lipinski definition) is 1. The van der Waals surface area contributed by atoms with E-state index >= 15 is 0 Å². The Morgan fingerprint density at radius 2 is 1.75 bits per heavy atom. The van der Waals surface area contributed by atoms with Crippen molar-refractivity contribution in [2.24, 2.45) is 23.2 Å². The molecule has 0 radical (unpaired) electrons. The van der Waals surface area contributed by atoms with Gasteiger partial charge < -0.3 is 0 Å². The Labute approximate surface area is 77.5 Å². The van der Waals surface area contributed by atoms with Gasteiger partial charge in [0.1, 0.15) is 0 Å². The molecular weight excluding hydrogens is 172 g/mol. The van der Waals surface area contributed by atoms with Crippen molar-refractivity contribution in [2.75, 3.05) is 0 Å². The van der Waals surface area contributed by atoms with E-state index in [0.29, 0.717) is 5.92 Å². The van der Waals surface area contributed by atoms with E-state index in [9.17, 15) is 4.79 Å². The van der Waals surface area contributed by atoms with Gasteiger partial charge in [0.2, 0.25) is 5.24 Å². The molecule has 66 valence electrons. The molecule has 0 unspecified atom stereocenters. The van der Waals surface area contributed by atoms with Gasteiger partial charge in [0.15, 0.2) is 0 Å². The van der Waals surface area contributed by atoms with Gasteiger partial charge in [0, 0.05) is 5.41 Å². The van der Waals surface area contributed by atoms with E-state index in [4.69, 9.17) is 11.6 Å². The van der Waals surface area contributed by atoms with Crippen LogP contribution < -0.4 is 0 Å². The van der Waals surface area contributed by atoms with Crippen molar-refractivity contribution in [3.05, 3.63) is 0 Å². The van der Waals surface area contributed by atoms with E-state index in [1.165, 1.54) is 19.3 Å². The van der Waals surface area contributed by atoms with Crippen LogP contribution >= 0.6 is 11.6 Å². The molecule has 4 rings (SSSR count). The number of carbonyl (C=O) groups is 1. The highest BCUT2D eigenvalue weighted by Gasteiger charge is 2.60. The molecule has 4 bridgehead atoms. The van der Waals surface area contributed by atoms with Crippen LogP contribution in [0, 0.1) is 23.2 Å². The average molecular weight is 185 g/mol. The van der Waals surface area contributed by atoms with Crippen LogP contribution in [0.5, 0.6) is 0 Å². The summed E-state index contributed by atoms with van der Waals surface area (Å²) >= 11 is 5.72. The van der Waals surface area contributed by atoms with Crippen LogP contribution in [-0.4, -0.2) is 5.24 Å². The van der Waals surface area contributed by atoms with Crippen molar-refractivity contribution in [3.63, 3.8) is 0 Å². The normalized spacial score (nSPS) is 54.9. The third-order valence-corrected chi connectivity index (χ3v) is 4.76. The molecule has 0 aromatic carbocycles. The second-order valence-electron chi connectivity index (χ2n) is 4.97. The van der Waals surface area contributed by atoms with Crippen molar-refractivity contribution < 1.29 is 4.79 Å². The summed E-state index contributed by atoms with van der Waals surface area (Å²) in [6.45, 7) is 0. The van der Waals surface area contributed by atoms with Crippen LogP contribution in [0.4, 0.5) is 0 Å². The molecule has 0 aliphatic heterocycles. The van der Waals surface area contributed by atoms with Crippen molar-refractivity contribution in [2.45, 2.75) is 32.1 Å². The summed E-state index contributed by atoms with van der Waals surface area (Å²) in [5.41, 5.74) is -0.0465. The van der Waals surface area contributed by atoms with Gasteiger partial charge in [-0.25, -0.2) is 0 Å². The molecule has 0 aromatic rings. The first kappa shape index (κ1) is 7.37. The Morgan fingerprint density at radius 3 is 2.17 bits per heavy atom. The fourth-order valence-electron chi connectivity index (χ4n) is 4.12. The fraction of sp³-hybridized carbons (Fsp3) is 0.900. The molecule has 4 saturated carbocycles. The third kappa shape index (κ3) is 0.693. The summed E-state index contributed by atoms with van der Waals surface area (Å²) in [5, 5.41) is -0.0304. The van der Waals surface area contributed by atoms with Gasteiger partial charge in [0.25, 0.3) is 0 Å². The monoisotopic (exact) mass is 184 g/mol. The SMILES string of the molecule is O=C(Cl)C12C[C@@H]3CC1C[C@H](C3)C2. The lowest BCUT2D eigenvalue weighted by Crippen LogP contribution is -2.28. The minimum absolute atomic E-state index is 0.0304. The zero-order chi connectivity index (χ0) is 8.34. The molecule has 4 aliphatic rings. The van der Waals surface area contributed by atoms with Gasteiger partial charge in [-0.15, -0.1) is 0 Å². The van der Waals surface area contributed by atoms with Gasteiger partial charge in [-0.1, -0.05) is 0 Å². The summed E-state index contributed by atoms with van der Waals surface area (Å²) in [6, 6.07) is 0. The maximum absolute atomic E-state index is 11.4. The largest absolute Gasteiger partial charge is 0.281 e. The molecule has 0 aromatic heterocycles. The fourth-order valence-corrected chi connectivity index (χ4v) is 4.43. The Hall–Kier alpha value is -0.0400. The number of halogens is 1. The standard InChI is InChI=1S/C10H13ClO/c11-9(12)10-4-6-1-7(5-10)3-8(10)2-6/h6-8H,1-5H2/t6-,7-,8?,10?/m0/s1. The third-order valence-electron chi connectivity index (χ3n) is 4.38. The molecule has 1 nitrogen and oxygen atoms in total. The quantitative estimate of drug-likeness (QED) is 0.573. The molecule has 0 spiro atoms. The minimum atomic E-state index is -0.0465. The summed E-state index contributed by atoms with van der Waals surface area (Å²) in [7, 11) is 0. The van der Waals surface area contributed by atoms with E-state index in [0.717, 1.165) is 24.7 Å². The van der Waals surface area contributed by atoms with Gasteiger partial charge in [-0.05, 0) is 61.5 Å². The number of hydrogen-bond donors (Lipinski definition) is 0. The molecule has 4 fully saturated rings. The Bertz CT molecular complexity index is 234. The van der Waals surface area contributed by atoms with Crippen LogP contribution in [-0.2, 0) is 4.79 Å². The Balaban J connectivity index is 2.03. The smallest absolute Gasteiger partial charge is 0.228 e. The zero-order valence-corrected chi connectivity index (χ0v) is 7.81. The van der Waals surface area contributed by atoms with E-state index in [1.54, 1.807) is 0 Å². The topological polar surface area (TPSA) is 17.1 Å². The first-order valence-corrected chi connectivity index (χ1v) is 5.28. The molecule has 0 N–H and O–H groups in total. The van der Waals surface area contributed by atoms with Crippen molar-refractivity contribution >= 4 is 16.8 Å². The van der Waals surface area contributed by atoms with Crippen molar-refractivity contribution in [1.82, 2.24) is 0 Å². The van der Waals surface area contributed by atoms with Crippen LogP contribution in [0.1, 0.15) is 32.1 Å². The summed E-state index contributed by atoms with van der Waals surface area (Å²) in [5.74, 6) is 2.33. The second kappa shape index (κ2) is 2.06. The molecule has 0 heterocycles. The Kier molecular flexibility index (Phi) is 1.27. The summed E-state index contributed by atoms with van der Waals surface area (Å²) in [6.07, 6.45) is 6.17. The molecule has 4 aliphatic carbocycles. The lowest BCUT2D eigenvalue weighted by molar-refractivity contribution is -0.122. The van der Waals surface area contributed by atoms with Gasteiger partial charge in [0.05, 0.1) is 0 Å². The van der Waals surface area contributed by atoms with E-state index in [-0.39, 0.29) is 10.7 Å². The lowest BCUT2D eigenvalue weighted by atomic mass is 9.76. The minimum Gasteiger partial charge on any atom is -0.281 e. The average Bonchev–Trinajstić information content (AvgIpc) is 2.37. The van der Waals surface area contributed by atoms with Crippen LogP contribution in [0.3, 0.4) is 0 Å². The van der Waals surface area contributed by atoms with Crippen LogP contribution in [0.2, 0.25) is 0 Å². The predicted octanol–water partition coefficient (Wildman–Crippen LogP) is 2.58. The van der Waals surface area contributed by atoms with Crippen molar-refractivity contribution in [3.8, 4) is 0 Å². The zero-order valence-electron chi connectivity index (χ0n) is 7.05. The van der Waals surface area contributed by atoms with Gasteiger partial charge >= 0.3 is 0 Å². The highest BCUT2D eigenvalue weighted by Crippen LogP contribution is 2.66. The van der Waals surface area contributed by atoms with E-state index in [1.807, 2.05) is 0 Å². The predicted molar refractivity (Wildman–Crippen MR) is 46.8 cm³/mol. The Morgan fingerprint density at radius 1 is 1.17 bits per heavy atom. The van der Waals surface area contributed by atoms with E-state index in [2.05, 4.69) is 0 Å². The van der Waals surface area contributed by atoms with Gasteiger partial charge in [-0.3, -0.25) is 4.79 Å². The molecular formula is C10H13ClO. The highest BCUT2D eigenvalue weighted by atomic mass is 35.5. The first-order valence-electron chi connectivity index (χ1n) is 4.90. The van der Waals surface area contributed by atoms with Crippen LogP contribution in [0.15, 0.2) is 0 Å². The van der Waals surface area contributed by atoms with Gasteiger partial charge in [-0.2, -0.15) is 0 Å². The lowest BCUT2D eigenvalue weighted by Gasteiger charge is -2.28.